The maximum Gasteiger partial charge on any atom is 0.317 e. The van der Waals surface area contributed by atoms with Crippen LogP contribution in [0.5, 0.6) is 5.75 Å². The van der Waals surface area contributed by atoms with Crippen LogP contribution in [0.15, 0.2) is 18.2 Å². The van der Waals surface area contributed by atoms with Crippen molar-refractivity contribution in [3.05, 3.63) is 28.8 Å². The SMILES string of the molecule is COc1ccc(Cl)cc1CC(=O)N1CCN(C(=O)NC(C)C)CC1. The minimum absolute atomic E-state index is 0.0134. The fraction of sp³-hybridized carbons (Fsp3) is 0.529. The number of hydrogen-bond acceptors (Lipinski definition) is 3. The van der Waals surface area contributed by atoms with E-state index in [-0.39, 0.29) is 24.4 Å². The number of urea groups is 1. The van der Waals surface area contributed by atoms with E-state index in [4.69, 9.17) is 16.3 Å². The lowest BCUT2D eigenvalue weighted by atomic mass is 10.1. The highest BCUT2D eigenvalue weighted by molar-refractivity contribution is 6.30. The van der Waals surface area contributed by atoms with Crippen molar-refractivity contribution < 1.29 is 14.3 Å². The Hall–Kier alpha value is -1.95. The van der Waals surface area contributed by atoms with Crippen molar-refractivity contribution in [2.24, 2.45) is 0 Å². The summed E-state index contributed by atoms with van der Waals surface area (Å²) in [5, 5.41) is 3.45. The second-order valence-corrected chi connectivity index (χ2v) is 6.54. The van der Waals surface area contributed by atoms with E-state index < -0.39 is 0 Å². The Bertz CT molecular complexity index is 599. The monoisotopic (exact) mass is 353 g/mol. The molecule has 6 nitrogen and oxygen atoms in total. The number of methoxy groups -OCH3 is 1. The van der Waals surface area contributed by atoms with Crippen LogP contribution < -0.4 is 10.1 Å². The molecule has 132 valence electrons. The third-order valence-corrected chi connectivity index (χ3v) is 4.15. The normalized spacial score (nSPS) is 14.7. The quantitative estimate of drug-likeness (QED) is 0.902. The van der Waals surface area contributed by atoms with Crippen molar-refractivity contribution in [3.63, 3.8) is 0 Å². The molecule has 0 atom stereocenters. The molecule has 0 spiro atoms. The molecule has 1 fully saturated rings. The molecule has 0 unspecified atom stereocenters. The zero-order valence-electron chi connectivity index (χ0n) is 14.3. The smallest absolute Gasteiger partial charge is 0.317 e. The van der Waals surface area contributed by atoms with Gasteiger partial charge in [-0.2, -0.15) is 0 Å². The van der Waals surface area contributed by atoms with Crippen LogP contribution in [-0.2, 0) is 11.2 Å². The first kappa shape index (κ1) is 18.4. The third kappa shape index (κ3) is 4.77. The maximum absolute atomic E-state index is 12.5. The molecular formula is C17H24ClN3O3. The molecular weight excluding hydrogens is 330 g/mol. The Morgan fingerprint density at radius 3 is 2.42 bits per heavy atom. The van der Waals surface area contributed by atoms with Crippen LogP contribution in [0, 0.1) is 0 Å². The van der Waals surface area contributed by atoms with E-state index >= 15 is 0 Å². The molecule has 1 aliphatic heterocycles. The standard InChI is InChI=1S/C17H24ClN3O3/c1-12(2)19-17(23)21-8-6-20(7-9-21)16(22)11-13-10-14(18)4-5-15(13)24-3/h4-5,10,12H,6-9,11H2,1-3H3,(H,19,23). The summed E-state index contributed by atoms with van der Waals surface area (Å²) < 4.78 is 5.28. The molecule has 1 aliphatic rings. The first-order valence-corrected chi connectivity index (χ1v) is 8.44. The van der Waals surface area contributed by atoms with Crippen LogP contribution in [0.3, 0.4) is 0 Å². The highest BCUT2D eigenvalue weighted by atomic mass is 35.5. The number of amides is 3. The van der Waals surface area contributed by atoms with E-state index in [1.54, 1.807) is 35.1 Å². The molecule has 1 N–H and O–H groups in total. The second-order valence-electron chi connectivity index (χ2n) is 6.10. The zero-order chi connectivity index (χ0) is 17.7. The average Bonchev–Trinajstić information content (AvgIpc) is 2.54. The van der Waals surface area contributed by atoms with E-state index in [1.165, 1.54) is 0 Å². The van der Waals surface area contributed by atoms with Gasteiger partial charge in [-0.15, -0.1) is 0 Å². The number of carbonyl (C=O) groups excluding carboxylic acids is 2. The minimum Gasteiger partial charge on any atom is -0.496 e. The molecule has 1 saturated heterocycles. The van der Waals surface area contributed by atoms with Crippen LogP contribution in [0.25, 0.3) is 0 Å². The molecule has 0 radical (unpaired) electrons. The predicted molar refractivity (Wildman–Crippen MR) is 93.5 cm³/mol. The van der Waals surface area contributed by atoms with Gasteiger partial charge in [-0.3, -0.25) is 4.79 Å². The maximum atomic E-state index is 12.5. The van der Waals surface area contributed by atoms with Gasteiger partial charge in [0.25, 0.3) is 0 Å². The van der Waals surface area contributed by atoms with E-state index in [9.17, 15) is 9.59 Å². The topological polar surface area (TPSA) is 61.9 Å². The molecule has 24 heavy (non-hydrogen) atoms. The van der Waals surface area contributed by atoms with Gasteiger partial charge in [-0.05, 0) is 32.0 Å². The Labute approximate surface area is 147 Å². The molecule has 1 aromatic rings. The first-order valence-electron chi connectivity index (χ1n) is 8.06. The largest absolute Gasteiger partial charge is 0.496 e. The van der Waals surface area contributed by atoms with Crippen LogP contribution >= 0.6 is 11.6 Å². The molecule has 7 heteroatoms. The number of rotatable bonds is 4. The van der Waals surface area contributed by atoms with Crippen molar-refractivity contribution in [3.8, 4) is 5.75 Å². The Balaban J connectivity index is 1.91. The van der Waals surface area contributed by atoms with Crippen molar-refractivity contribution in [2.75, 3.05) is 33.3 Å². The van der Waals surface area contributed by atoms with Gasteiger partial charge >= 0.3 is 6.03 Å². The van der Waals surface area contributed by atoms with Crippen molar-refractivity contribution in [1.29, 1.82) is 0 Å². The van der Waals surface area contributed by atoms with Crippen LogP contribution in [-0.4, -0.2) is 61.1 Å². The minimum atomic E-state index is -0.0754. The first-order chi connectivity index (χ1) is 11.4. The molecule has 0 aromatic heterocycles. The van der Waals surface area contributed by atoms with E-state index in [1.807, 2.05) is 13.8 Å². The Morgan fingerprint density at radius 1 is 1.21 bits per heavy atom. The van der Waals surface area contributed by atoms with Gasteiger partial charge < -0.3 is 19.9 Å². The number of nitrogens with zero attached hydrogens (tertiary/aromatic N) is 2. The fourth-order valence-electron chi connectivity index (χ4n) is 2.66. The van der Waals surface area contributed by atoms with E-state index in [0.29, 0.717) is 37.0 Å². The van der Waals surface area contributed by atoms with Crippen LogP contribution in [0.1, 0.15) is 19.4 Å². The summed E-state index contributed by atoms with van der Waals surface area (Å²) in [6.45, 7) is 6.00. The van der Waals surface area contributed by atoms with Gasteiger partial charge in [0.05, 0.1) is 13.5 Å². The van der Waals surface area contributed by atoms with Crippen molar-refractivity contribution >= 4 is 23.5 Å². The Morgan fingerprint density at radius 2 is 1.83 bits per heavy atom. The summed E-state index contributed by atoms with van der Waals surface area (Å²) >= 11 is 6.01. The summed E-state index contributed by atoms with van der Waals surface area (Å²) in [7, 11) is 1.57. The fourth-order valence-corrected chi connectivity index (χ4v) is 2.85. The van der Waals surface area contributed by atoms with Crippen LogP contribution in [0.2, 0.25) is 5.02 Å². The Kier molecular flexibility index (Phi) is 6.31. The zero-order valence-corrected chi connectivity index (χ0v) is 15.1. The number of benzene rings is 1. The molecule has 0 saturated carbocycles. The van der Waals surface area contributed by atoms with Crippen molar-refractivity contribution in [1.82, 2.24) is 15.1 Å². The number of hydrogen-bond donors (Lipinski definition) is 1. The number of halogens is 1. The predicted octanol–water partition coefficient (Wildman–Crippen LogP) is 2.15. The van der Waals surface area contributed by atoms with Gasteiger partial charge in [-0.25, -0.2) is 4.79 Å². The average molecular weight is 354 g/mol. The molecule has 3 amide bonds. The van der Waals surface area contributed by atoms with Gasteiger partial charge in [0, 0.05) is 42.8 Å². The summed E-state index contributed by atoms with van der Waals surface area (Å²) in [6, 6.07) is 5.28. The number of ether oxygens (including phenoxy) is 1. The van der Waals surface area contributed by atoms with Gasteiger partial charge in [0.2, 0.25) is 5.91 Å². The van der Waals surface area contributed by atoms with E-state index in [0.717, 1.165) is 5.56 Å². The molecule has 0 aliphatic carbocycles. The van der Waals surface area contributed by atoms with Crippen molar-refractivity contribution in [2.45, 2.75) is 26.3 Å². The molecule has 1 heterocycles. The highest BCUT2D eigenvalue weighted by Crippen LogP contribution is 2.23. The van der Waals surface area contributed by atoms with Crippen LogP contribution in [0.4, 0.5) is 4.79 Å². The number of piperazine rings is 1. The third-order valence-electron chi connectivity index (χ3n) is 3.92. The lowest BCUT2D eigenvalue weighted by Crippen LogP contribution is -2.54. The number of nitrogens with one attached hydrogen (secondary N) is 1. The summed E-state index contributed by atoms with van der Waals surface area (Å²) in [6.07, 6.45) is 0.238. The van der Waals surface area contributed by atoms with Gasteiger partial charge in [-0.1, -0.05) is 11.6 Å². The lowest BCUT2D eigenvalue weighted by Gasteiger charge is -2.35. The molecule has 2 rings (SSSR count). The van der Waals surface area contributed by atoms with Gasteiger partial charge in [0.1, 0.15) is 5.75 Å². The summed E-state index contributed by atoms with van der Waals surface area (Å²) in [5.74, 6) is 0.669. The second kappa shape index (κ2) is 8.24. The summed E-state index contributed by atoms with van der Waals surface area (Å²) in [5.41, 5.74) is 0.773. The van der Waals surface area contributed by atoms with Gasteiger partial charge in [0.15, 0.2) is 0 Å². The van der Waals surface area contributed by atoms with E-state index in [2.05, 4.69) is 5.32 Å². The summed E-state index contributed by atoms with van der Waals surface area (Å²) in [4.78, 5) is 28.0. The highest BCUT2D eigenvalue weighted by Gasteiger charge is 2.25. The lowest BCUT2D eigenvalue weighted by molar-refractivity contribution is -0.131. The molecule has 0 bridgehead atoms. The molecule has 1 aromatic carbocycles. The number of carbonyl (C=O) groups is 2.